The van der Waals surface area contributed by atoms with Gasteiger partial charge in [-0.05, 0) is 47.1 Å². The van der Waals surface area contributed by atoms with Crippen LogP contribution < -0.4 is 4.72 Å². The molecule has 3 atom stereocenters. The van der Waals surface area contributed by atoms with Crippen LogP contribution in [-0.2, 0) is 30.0 Å². The molecule has 27 heavy (non-hydrogen) atoms. The van der Waals surface area contributed by atoms with Crippen LogP contribution >= 0.6 is 0 Å². The fourth-order valence-corrected chi connectivity index (χ4v) is 2.85. The lowest BCUT2D eigenvalue weighted by molar-refractivity contribution is -0.154. The Labute approximate surface area is 163 Å². The Morgan fingerprint density at radius 1 is 1.04 bits per heavy atom. The first-order chi connectivity index (χ1) is 12.3. The van der Waals surface area contributed by atoms with Gasteiger partial charge in [0.05, 0.1) is 28.9 Å². The van der Waals surface area contributed by atoms with Crippen molar-refractivity contribution in [2.45, 2.75) is 64.0 Å². The number of benzene rings is 1. The summed E-state index contributed by atoms with van der Waals surface area (Å²) in [6, 6.07) is 7.95. The number of ether oxygens (including phenoxy) is 3. The first kappa shape index (κ1) is 23.1. The van der Waals surface area contributed by atoms with Crippen LogP contribution in [0.15, 0.2) is 30.3 Å². The SMILES string of the molecule is COC(=O)[C@H](OC(=O)OC(C)(C)C)[C@@H](NS(=O)C(C)(C)C)c1ccccc1. The summed E-state index contributed by atoms with van der Waals surface area (Å²) in [4.78, 5) is 24.5. The molecule has 0 bridgehead atoms. The topological polar surface area (TPSA) is 90.9 Å². The second-order valence-corrected chi connectivity index (χ2v) is 9.91. The quantitative estimate of drug-likeness (QED) is 0.738. The average Bonchev–Trinajstić information content (AvgIpc) is 2.55. The summed E-state index contributed by atoms with van der Waals surface area (Å²) < 4.78 is 30.2. The fourth-order valence-electron chi connectivity index (χ4n) is 2.00. The van der Waals surface area contributed by atoms with E-state index in [4.69, 9.17) is 14.2 Å². The normalized spacial score (nSPS) is 15.4. The second-order valence-electron chi connectivity index (χ2n) is 7.91. The van der Waals surface area contributed by atoms with Crippen LogP contribution in [0.4, 0.5) is 4.79 Å². The van der Waals surface area contributed by atoms with Gasteiger partial charge in [-0.15, -0.1) is 0 Å². The molecular formula is C19H29NO6S. The zero-order valence-corrected chi connectivity index (χ0v) is 17.7. The number of hydrogen-bond acceptors (Lipinski definition) is 6. The molecule has 1 aromatic rings. The van der Waals surface area contributed by atoms with Gasteiger partial charge in [-0.1, -0.05) is 30.3 Å². The lowest BCUT2D eigenvalue weighted by Gasteiger charge is -2.29. The van der Waals surface area contributed by atoms with Crippen molar-refractivity contribution in [1.29, 1.82) is 0 Å². The first-order valence-electron chi connectivity index (χ1n) is 8.55. The van der Waals surface area contributed by atoms with Gasteiger partial charge in [0.15, 0.2) is 0 Å². The summed E-state index contributed by atoms with van der Waals surface area (Å²) in [5.41, 5.74) is -0.171. The average molecular weight is 400 g/mol. The van der Waals surface area contributed by atoms with E-state index in [0.717, 1.165) is 0 Å². The number of rotatable bonds is 6. The van der Waals surface area contributed by atoms with E-state index in [0.29, 0.717) is 5.56 Å². The molecule has 0 spiro atoms. The zero-order valence-electron chi connectivity index (χ0n) is 16.9. The third-order valence-electron chi connectivity index (χ3n) is 3.30. The fraction of sp³-hybridized carbons (Fsp3) is 0.579. The van der Waals surface area contributed by atoms with Crippen LogP contribution in [0.25, 0.3) is 0 Å². The summed E-state index contributed by atoms with van der Waals surface area (Å²) in [6.45, 7) is 10.4. The molecule has 0 aliphatic heterocycles. The largest absolute Gasteiger partial charge is 0.509 e. The number of nitrogens with one attached hydrogen (secondary N) is 1. The van der Waals surface area contributed by atoms with Gasteiger partial charge >= 0.3 is 12.1 Å². The Balaban J connectivity index is 3.23. The number of esters is 1. The number of hydrogen-bond donors (Lipinski definition) is 1. The van der Waals surface area contributed by atoms with E-state index in [1.165, 1.54) is 7.11 Å². The highest BCUT2D eigenvalue weighted by atomic mass is 32.2. The molecular weight excluding hydrogens is 370 g/mol. The van der Waals surface area contributed by atoms with E-state index in [2.05, 4.69) is 4.72 Å². The third kappa shape index (κ3) is 7.68. The Hall–Kier alpha value is -1.93. The van der Waals surface area contributed by atoms with Crippen LogP contribution in [0, 0.1) is 0 Å². The maximum Gasteiger partial charge on any atom is 0.509 e. The van der Waals surface area contributed by atoms with E-state index in [-0.39, 0.29) is 0 Å². The Kier molecular flexibility index (Phi) is 7.98. The summed E-state index contributed by atoms with van der Waals surface area (Å²) >= 11 is 0. The van der Waals surface area contributed by atoms with Gasteiger partial charge in [-0.2, -0.15) is 0 Å². The second kappa shape index (κ2) is 9.32. The maximum absolute atomic E-state index is 12.7. The minimum atomic E-state index is -1.53. The summed E-state index contributed by atoms with van der Waals surface area (Å²) in [6.07, 6.45) is -2.39. The molecule has 7 nitrogen and oxygen atoms in total. The Morgan fingerprint density at radius 2 is 1.59 bits per heavy atom. The van der Waals surface area contributed by atoms with Gasteiger partial charge < -0.3 is 14.2 Å². The van der Waals surface area contributed by atoms with E-state index in [1.54, 1.807) is 65.8 Å². The molecule has 1 N–H and O–H groups in total. The smallest absolute Gasteiger partial charge is 0.466 e. The minimum Gasteiger partial charge on any atom is -0.466 e. The molecule has 0 heterocycles. The van der Waals surface area contributed by atoms with Gasteiger partial charge in [0, 0.05) is 0 Å². The lowest BCUT2D eigenvalue weighted by Crippen LogP contribution is -2.45. The van der Waals surface area contributed by atoms with E-state index in [1.807, 2.05) is 6.07 Å². The summed E-state index contributed by atoms with van der Waals surface area (Å²) in [5, 5.41) is 0. The van der Waals surface area contributed by atoms with Gasteiger partial charge in [0.2, 0.25) is 6.10 Å². The number of carbonyl (C=O) groups is 2. The molecule has 1 aromatic carbocycles. The van der Waals surface area contributed by atoms with Gasteiger partial charge in [-0.25, -0.2) is 18.5 Å². The molecule has 0 radical (unpaired) electrons. The number of methoxy groups -OCH3 is 1. The minimum absolute atomic E-state index is 0.598. The van der Waals surface area contributed by atoms with Crippen molar-refractivity contribution >= 4 is 23.1 Å². The van der Waals surface area contributed by atoms with E-state index < -0.39 is 45.6 Å². The lowest BCUT2D eigenvalue weighted by atomic mass is 10.0. The van der Waals surface area contributed by atoms with Gasteiger partial charge in [0.1, 0.15) is 5.60 Å². The molecule has 0 saturated heterocycles. The van der Waals surface area contributed by atoms with Crippen LogP contribution in [0.1, 0.15) is 53.1 Å². The van der Waals surface area contributed by atoms with Crippen LogP contribution in [-0.4, -0.2) is 39.9 Å². The number of carbonyl (C=O) groups excluding carboxylic acids is 2. The highest BCUT2D eigenvalue weighted by molar-refractivity contribution is 7.84. The Bertz CT molecular complexity index is 663. The standard InChI is InChI=1S/C19H29NO6S/c1-18(2,3)26-17(22)25-15(16(21)24-7)14(13-11-9-8-10-12-13)20-27(23)19(4,5)6/h8-12,14-15,20H,1-7H3/t14-,15+,27?/m0/s1. The molecule has 0 saturated carbocycles. The molecule has 1 rings (SSSR count). The van der Waals surface area contributed by atoms with Gasteiger partial charge in [0.25, 0.3) is 0 Å². The highest BCUT2D eigenvalue weighted by Gasteiger charge is 2.38. The third-order valence-corrected chi connectivity index (χ3v) is 4.88. The monoisotopic (exact) mass is 399 g/mol. The first-order valence-corrected chi connectivity index (χ1v) is 9.70. The van der Waals surface area contributed by atoms with Crippen molar-refractivity contribution in [1.82, 2.24) is 4.72 Å². The van der Waals surface area contributed by atoms with Crippen molar-refractivity contribution in [2.75, 3.05) is 7.11 Å². The molecule has 0 aliphatic rings. The van der Waals surface area contributed by atoms with Crippen LogP contribution in [0.5, 0.6) is 0 Å². The molecule has 1 unspecified atom stereocenters. The molecule has 152 valence electrons. The van der Waals surface area contributed by atoms with Gasteiger partial charge in [-0.3, -0.25) is 0 Å². The molecule has 0 amide bonds. The maximum atomic E-state index is 12.7. The van der Waals surface area contributed by atoms with E-state index >= 15 is 0 Å². The van der Waals surface area contributed by atoms with Crippen LogP contribution in [0.2, 0.25) is 0 Å². The van der Waals surface area contributed by atoms with E-state index in [9.17, 15) is 13.8 Å². The van der Waals surface area contributed by atoms with Crippen molar-refractivity contribution in [3.05, 3.63) is 35.9 Å². The molecule has 8 heteroatoms. The van der Waals surface area contributed by atoms with Crippen molar-refractivity contribution in [2.24, 2.45) is 0 Å². The van der Waals surface area contributed by atoms with Crippen molar-refractivity contribution in [3.63, 3.8) is 0 Å². The predicted octanol–water partition coefficient (Wildman–Crippen LogP) is 3.27. The molecule has 0 aromatic heterocycles. The Morgan fingerprint density at radius 3 is 2.04 bits per heavy atom. The summed E-state index contributed by atoms with van der Waals surface area (Å²) in [5.74, 6) is -0.784. The van der Waals surface area contributed by atoms with Crippen molar-refractivity contribution < 1.29 is 28.0 Å². The van der Waals surface area contributed by atoms with Crippen molar-refractivity contribution in [3.8, 4) is 0 Å². The van der Waals surface area contributed by atoms with Crippen LogP contribution in [0.3, 0.4) is 0 Å². The molecule has 0 aliphatic carbocycles. The zero-order chi connectivity index (χ0) is 20.8. The summed E-state index contributed by atoms with van der Waals surface area (Å²) in [7, 11) is -0.340. The molecule has 0 fully saturated rings. The highest BCUT2D eigenvalue weighted by Crippen LogP contribution is 2.24. The predicted molar refractivity (Wildman–Crippen MR) is 103 cm³/mol.